The highest BCUT2D eigenvalue weighted by Crippen LogP contribution is 2.25. The van der Waals surface area contributed by atoms with E-state index in [1.54, 1.807) is 11.6 Å². The first kappa shape index (κ1) is 14.8. The molecule has 0 radical (unpaired) electrons. The van der Waals surface area contributed by atoms with E-state index in [9.17, 15) is 13.2 Å². The zero-order valence-corrected chi connectivity index (χ0v) is 12.6. The van der Waals surface area contributed by atoms with Crippen molar-refractivity contribution >= 4 is 38.0 Å². The molecule has 1 amide bonds. The third-order valence-corrected chi connectivity index (χ3v) is 4.90. The number of hydrogen-bond donors (Lipinski definition) is 3. The van der Waals surface area contributed by atoms with Crippen molar-refractivity contribution in [2.75, 3.05) is 11.9 Å². The number of fused-ring (bicyclic) bond motifs is 1. The van der Waals surface area contributed by atoms with Gasteiger partial charge in [0, 0.05) is 18.1 Å². The summed E-state index contributed by atoms with van der Waals surface area (Å²) < 4.78 is 28.5. The SMILES string of the molecule is CCNc1nc2sccn2c1S(=O)(=O)NC(C)C(N)=O. The van der Waals surface area contributed by atoms with Crippen LogP contribution in [0.3, 0.4) is 0 Å². The highest BCUT2D eigenvalue weighted by molar-refractivity contribution is 7.89. The van der Waals surface area contributed by atoms with E-state index in [1.165, 1.54) is 22.7 Å². The maximum atomic E-state index is 12.4. The minimum absolute atomic E-state index is 0.0244. The molecule has 0 saturated heterocycles. The largest absolute Gasteiger partial charge is 0.368 e. The molecule has 2 aromatic rings. The van der Waals surface area contributed by atoms with Crippen molar-refractivity contribution in [3.05, 3.63) is 11.6 Å². The van der Waals surface area contributed by atoms with Gasteiger partial charge in [-0.2, -0.15) is 4.72 Å². The van der Waals surface area contributed by atoms with E-state index in [0.717, 1.165) is 0 Å². The van der Waals surface area contributed by atoms with E-state index >= 15 is 0 Å². The number of carbonyl (C=O) groups is 1. The lowest BCUT2D eigenvalue weighted by molar-refractivity contribution is -0.119. The maximum absolute atomic E-state index is 12.4. The highest BCUT2D eigenvalue weighted by Gasteiger charge is 2.28. The number of imidazole rings is 1. The Morgan fingerprint density at radius 2 is 2.30 bits per heavy atom. The molecule has 0 aliphatic carbocycles. The minimum Gasteiger partial charge on any atom is -0.368 e. The summed E-state index contributed by atoms with van der Waals surface area (Å²) in [7, 11) is -3.92. The molecule has 2 heterocycles. The Balaban J connectivity index is 2.51. The van der Waals surface area contributed by atoms with Gasteiger partial charge in [-0.25, -0.2) is 13.4 Å². The van der Waals surface area contributed by atoms with Crippen molar-refractivity contribution in [2.45, 2.75) is 24.9 Å². The molecule has 0 bridgehead atoms. The van der Waals surface area contributed by atoms with Crippen LogP contribution in [-0.2, 0) is 14.8 Å². The second-order valence-electron chi connectivity index (χ2n) is 4.10. The third-order valence-electron chi connectivity index (χ3n) is 2.58. The molecule has 2 aromatic heterocycles. The zero-order valence-electron chi connectivity index (χ0n) is 11.0. The third kappa shape index (κ3) is 2.62. The van der Waals surface area contributed by atoms with Gasteiger partial charge in [-0.3, -0.25) is 9.20 Å². The fraction of sp³-hybridized carbons (Fsp3) is 0.400. The normalized spacial score (nSPS) is 13.5. The van der Waals surface area contributed by atoms with Crippen LogP contribution >= 0.6 is 11.3 Å². The Morgan fingerprint density at radius 1 is 1.60 bits per heavy atom. The number of nitrogens with zero attached hydrogens (tertiary/aromatic N) is 2. The summed E-state index contributed by atoms with van der Waals surface area (Å²) in [6, 6.07) is -1.00. The van der Waals surface area contributed by atoms with Gasteiger partial charge in [-0.15, -0.1) is 11.3 Å². The van der Waals surface area contributed by atoms with Crippen molar-refractivity contribution in [1.82, 2.24) is 14.1 Å². The number of sulfonamides is 1. The number of primary amides is 1. The van der Waals surface area contributed by atoms with Crippen LogP contribution in [0.5, 0.6) is 0 Å². The Morgan fingerprint density at radius 3 is 2.90 bits per heavy atom. The van der Waals surface area contributed by atoms with Crippen molar-refractivity contribution in [2.24, 2.45) is 5.73 Å². The molecule has 4 N–H and O–H groups in total. The second-order valence-corrected chi connectivity index (χ2v) is 6.60. The smallest absolute Gasteiger partial charge is 0.261 e. The molecular formula is C10H15N5O3S2. The van der Waals surface area contributed by atoms with Crippen LogP contribution in [0, 0.1) is 0 Å². The summed E-state index contributed by atoms with van der Waals surface area (Å²) in [5, 5.41) is 4.61. The zero-order chi connectivity index (χ0) is 14.9. The quantitative estimate of drug-likeness (QED) is 0.692. The first-order chi connectivity index (χ1) is 9.36. The Bertz CT molecular complexity index is 733. The number of thiazole rings is 1. The van der Waals surface area contributed by atoms with E-state index in [4.69, 9.17) is 5.73 Å². The van der Waals surface area contributed by atoms with Gasteiger partial charge < -0.3 is 11.1 Å². The molecule has 20 heavy (non-hydrogen) atoms. The van der Waals surface area contributed by atoms with Crippen LogP contribution < -0.4 is 15.8 Å². The fourth-order valence-corrected chi connectivity index (χ4v) is 3.89. The lowest BCUT2D eigenvalue weighted by atomic mass is 10.4. The first-order valence-electron chi connectivity index (χ1n) is 5.88. The van der Waals surface area contributed by atoms with E-state index in [2.05, 4.69) is 15.0 Å². The number of amides is 1. The number of hydrogen-bond acceptors (Lipinski definition) is 6. The molecule has 0 aliphatic heterocycles. The van der Waals surface area contributed by atoms with Crippen LogP contribution in [0.1, 0.15) is 13.8 Å². The predicted octanol–water partition coefficient (Wildman–Crippen LogP) is -0.0203. The van der Waals surface area contributed by atoms with Gasteiger partial charge in [0.15, 0.2) is 15.8 Å². The van der Waals surface area contributed by atoms with Gasteiger partial charge in [-0.1, -0.05) is 0 Å². The van der Waals surface area contributed by atoms with Crippen molar-refractivity contribution in [1.29, 1.82) is 0 Å². The van der Waals surface area contributed by atoms with Crippen molar-refractivity contribution < 1.29 is 13.2 Å². The molecule has 110 valence electrons. The molecule has 0 saturated carbocycles. The van der Waals surface area contributed by atoms with Crippen LogP contribution in [0.25, 0.3) is 4.96 Å². The number of anilines is 1. The van der Waals surface area contributed by atoms with E-state index in [-0.39, 0.29) is 10.8 Å². The van der Waals surface area contributed by atoms with Crippen LogP contribution in [0.15, 0.2) is 16.6 Å². The summed E-state index contributed by atoms with van der Waals surface area (Å²) in [5.41, 5.74) is 5.08. The number of nitrogens with two attached hydrogens (primary N) is 1. The molecular weight excluding hydrogens is 302 g/mol. The van der Waals surface area contributed by atoms with Crippen molar-refractivity contribution in [3.63, 3.8) is 0 Å². The number of carbonyl (C=O) groups excluding carboxylic acids is 1. The molecule has 1 atom stereocenters. The van der Waals surface area contributed by atoms with Gasteiger partial charge in [0.25, 0.3) is 10.0 Å². The second kappa shape index (κ2) is 5.38. The number of nitrogens with one attached hydrogen (secondary N) is 2. The van der Waals surface area contributed by atoms with Gasteiger partial charge in [0.1, 0.15) is 0 Å². The standard InChI is InChI=1S/C10H15N5O3S2/c1-3-12-8-9(15-4-5-19-10(15)13-8)20(17,18)14-6(2)7(11)16/h4-6,12,14H,3H2,1-2H3,(H2,11,16). The van der Waals surface area contributed by atoms with E-state index < -0.39 is 22.0 Å². The van der Waals surface area contributed by atoms with E-state index in [1.807, 2.05) is 6.92 Å². The monoisotopic (exact) mass is 317 g/mol. The highest BCUT2D eigenvalue weighted by atomic mass is 32.2. The van der Waals surface area contributed by atoms with Gasteiger partial charge in [-0.05, 0) is 13.8 Å². The summed E-state index contributed by atoms with van der Waals surface area (Å²) in [5.74, 6) is -0.492. The molecule has 10 heteroatoms. The molecule has 0 fully saturated rings. The Hall–Kier alpha value is -1.65. The van der Waals surface area contributed by atoms with Crippen molar-refractivity contribution in [3.8, 4) is 0 Å². The summed E-state index contributed by atoms with van der Waals surface area (Å²) in [6.45, 7) is 3.75. The average molecular weight is 317 g/mol. The van der Waals surface area contributed by atoms with Gasteiger partial charge in [0.2, 0.25) is 5.91 Å². The molecule has 1 unspecified atom stereocenters. The van der Waals surface area contributed by atoms with Gasteiger partial charge >= 0.3 is 0 Å². The van der Waals surface area contributed by atoms with Crippen LogP contribution in [0.2, 0.25) is 0 Å². The molecule has 2 rings (SSSR count). The predicted molar refractivity (Wildman–Crippen MR) is 76.2 cm³/mol. The average Bonchev–Trinajstić information content (AvgIpc) is 2.87. The minimum atomic E-state index is -3.92. The van der Waals surface area contributed by atoms with Gasteiger partial charge in [0.05, 0.1) is 6.04 Å². The van der Waals surface area contributed by atoms with Crippen LogP contribution in [0.4, 0.5) is 5.82 Å². The first-order valence-corrected chi connectivity index (χ1v) is 8.24. The maximum Gasteiger partial charge on any atom is 0.261 e. The summed E-state index contributed by atoms with van der Waals surface area (Å²) in [4.78, 5) is 15.8. The lowest BCUT2D eigenvalue weighted by Crippen LogP contribution is -2.42. The molecule has 0 aliphatic rings. The Kier molecular flexibility index (Phi) is 3.97. The summed E-state index contributed by atoms with van der Waals surface area (Å²) >= 11 is 1.32. The fourth-order valence-electron chi connectivity index (χ4n) is 1.65. The lowest BCUT2D eigenvalue weighted by Gasteiger charge is -2.11. The molecule has 8 nitrogen and oxygen atoms in total. The topological polar surface area (TPSA) is 119 Å². The van der Waals surface area contributed by atoms with Crippen LogP contribution in [-0.4, -0.2) is 36.3 Å². The summed E-state index contributed by atoms with van der Waals surface area (Å²) in [6.07, 6.45) is 1.61. The molecule has 0 aromatic carbocycles. The number of rotatable bonds is 6. The molecule has 0 spiro atoms. The number of aromatic nitrogens is 2. The van der Waals surface area contributed by atoms with E-state index in [0.29, 0.717) is 11.5 Å². The Labute approximate surface area is 120 Å².